The number of hydrogen-bond acceptors (Lipinski definition) is 3. The maximum Gasteiger partial charge on any atom is 0.220 e. The second kappa shape index (κ2) is 9.42. The molecule has 2 N–H and O–H groups in total. The molecule has 138 valence electrons. The van der Waals surface area contributed by atoms with Crippen LogP contribution in [0.25, 0.3) is 0 Å². The van der Waals surface area contributed by atoms with Gasteiger partial charge in [-0.15, -0.1) is 12.4 Å². The average molecular weight is 357 g/mol. The van der Waals surface area contributed by atoms with E-state index >= 15 is 0 Å². The van der Waals surface area contributed by atoms with E-state index in [0.29, 0.717) is 24.4 Å². The number of carbonyl (C=O) groups excluding carboxylic acids is 1. The van der Waals surface area contributed by atoms with Crippen molar-refractivity contribution in [1.82, 2.24) is 20.4 Å². The highest BCUT2D eigenvalue weighted by molar-refractivity contribution is 5.85. The molecule has 2 atom stereocenters. The van der Waals surface area contributed by atoms with E-state index in [-0.39, 0.29) is 18.3 Å². The average Bonchev–Trinajstić information content (AvgIpc) is 2.70. The highest BCUT2D eigenvalue weighted by Gasteiger charge is 2.20. The van der Waals surface area contributed by atoms with E-state index in [1.165, 1.54) is 11.3 Å². The zero-order valence-electron chi connectivity index (χ0n) is 15.7. The Hall–Kier alpha value is -1.07. The van der Waals surface area contributed by atoms with Crippen molar-refractivity contribution >= 4 is 18.3 Å². The molecule has 0 spiro atoms. The standard InChI is InChI=1S/C18H32N4O.ClH/c1-12(2)11-22-15(5)17(14(4)21-22)6-7-18(23)20-16-8-9-19-13(3)10-16;/h12-13,16,19H,6-11H2,1-5H3,(H,20,23);1H. The van der Waals surface area contributed by atoms with Gasteiger partial charge < -0.3 is 10.6 Å². The molecule has 0 saturated carbocycles. The predicted molar refractivity (Wildman–Crippen MR) is 101 cm³/mol. The van der Waals surface area contributed by atoms with Crippen molar-refractivity contribution in [3.63, 3.8) is 0 Å². The monoisotopic (exact) mass is 356 g/mol. The van der Waals surface area contributed by atoms with Crippen molar-refractivity contribution in [3.8, 4) is 0 Å². The minimum atomic E-state index is 0. The SMILES string of the molecule is Cc1nn(CC(C)C)c(C)c1CCC(=O)NC1CCNC(C)C1.Cl. The number of piperidine rings is 1. The number of rotatable bonds is 6. The van der Waals surface area contributed by atoms with Gasteiger partial charge in [0.1, 0.15) is 0 Å². The Labute approximate surface area is 152 Å². The van der Waals surface area contributed by atoms with Crippen LogP contribution in [-0.4, -0.2) is 34.3 Å². The molecule has 2 rings (SSSR count). The molecule has 1 saturated heterocycles. The van der Waals surface area contributed by atoms with E-state index in [2.05, 4.69) is 48.1 Å². The summed E-state index contributed by atoms with van der Waals surface area (Å²) < 4.78 is 2.09. The van der Waals surface area contributed by atoms with Gasteiger partial charge in [0.2, 0.25) is 5.91 Å². The maximum absolute atomic E-state index is 12.2. The van der Waals surface area contributed by atoms with Gasteiger partial charge >= 0.3 is 0 Å². The topological polar surface area (TPSA) is 59.0 Å². The molecule has 0 aliphatic carbocycles. The minimum Gasteiger partial charge on any atom is -0.353 e. The van der Waals surface area contributed by atoms with E-state index in [4.69, 9.17) is 0 Å². The number of carbonyl (C=O) groups is 1. The lowest BCUT2D eigenvalue weighted by atomic mass is 10.00. The van der Waals surface area contributed by atoms with Gasteiger partial charge in [-0.2, -0.15) is 5.10 Å². The van der Waals surface area contributed by atoms with Gasteiger partial charge in [-0.1, -0.05) is 13.8 Å². The van der Waals surface area contributed by atoms with Gasteiger partial charge in [0.05, 0.1) is 5.69 Å². The fraction of sp³-hybridized carbons (Fsp3) is 0.778. The summed E-state index contributed by atoms with van der Waals surface area (Å²) >= 11 is 0. The molecule has 1 amide bonds. The molecule has 5 nitrogen and oxygen atoms in total. The molecule has 1 aromatic rings. The molecule has 24 heavy (non-hydrogen) atoms. The molecule has 1 aliphatic rings. The number of nitrogens with zero attached hydrogens (tertiary/aromatic N) is 2. The zero-order chi connectivity index (χ0) is 17.0. The Kier molecular flexibility index (Phi) is 8.23. The molecule has 0 radical (unpaired) electrons. The lowest BCUT2D eigenvalue weighted by molar-refractivity contribution is -0.122. The summed E-state index contributed by atoms with van der Waals surface area (Å²) in [6, 6.07) is 0.817. The van der Waals surface area contributed by atoms with E-state index in [1.807, 2.05) is 6.92 Å². The second-order valence-corrected chi connectivity index (χ2v) is 7.37. The van der Waals surface area contributed by atoms with Crippen LogP contribution in [0, 0.1) is 19.8 Å². The smallest absolute Gasteiger partial charge is 0.220 e. The van der Waals surface area contributed by atoms with Crippen LogP contribution in [0.15, 0.2) is 0 Å². The highest BCUT2D eigenvalue weighted by atomic mass is 35.5. The Bertz CT molecular complexity index is 541. The summed E-state index contributed by atoms with van der Waals surface area (Å²) in [6.45, 7) is 12.7. The fourth-order valence-corrected chi connectivity index (χ4v) is 3.42. The van der Waals surface area contributed by atoms with Crippen LogP contribution >= 0.6 is 12.4 Å². The van der Waals surface area contributed by atoms with E-state index in [9.17, 15) is 4.79 Å². The van der Waals surface area contributed by atoms with Crippen molar-refractivity contribution in [2.24, 2.45) is 5.92 Å². The molecular formula is C18H33ClN4O. The summed E-state index contributed by atoms with van der Waals surface area (Å²) in [5.74, 6) is 0.741. The van der Waals surface area contributed by atoms with Crippen LogP contribution in [-0.2, 0) is 17.8 Å². The first kappa shape index (κ1) is 21.0. The third kappa shape index (κ3) is 5.78. The van der Waals surface area contributed by atoms with E-state index < -0.39 is 0 Å². The fourth-order valence-electron chi connectivity index (χ4n) is 3.42. The maximum atomic E-state index is 12.2. The summed E-state index contributed by atoms with van der Waals surface area (Å²) in [7, 11) is 0. The van der Waals surface area contributed by atoms with Gasteiger partial charge in [-0.05, 0) is 58.1 Å². The normalized spacial score (nSPS) is 20.8. The number of halogens is 1. The Morgan fingerprint density at radius 2 is 2.12 bits per heavy atom. The molecule has 6 heteroatoms. The van der Waals surface area contributed by atoms with Crippen molar-refractivity contribution in [2.75, 3.05) is 6.54 Å². The number of aryl methyl sites for hydroxylation is 1. The first-order valence-corrected chi connectivity index (χ1v) is 8.92. The summed E-state index contributed by atoms with van der Waals surface area (Å²) in [6.07, 6.45) is 3.38. The van der Waals surface area contributed by atoms with Gasteiger partial charge in [0.25, 0.3) is 0 Å². The van der Waals surface area contributed by atoms with E-state index in [1.54, 1.807) is 0 Å². The number of aromatic nitrogens is 2. The quantitative estimate of drug-likeness (QED) is 0.824. The molecule has 0 bridgehead atoms. The lowest BCUT2D eigenvalue weighted by Crippen LogP contribution is -2.46. The first-order valence-electron chi connectivity index (χ1n) is 8.92. The summed E-state index contributed by atoms with van der Waals surface area (Å²) in [5.41, 5.74) is 3.51. The Morgan fingerprint density at radius 3 is 2.75 bits per heavy atom. The van der Waals surface area contributed by atoms with Crippen LogP contribution in [0.3, 0.4) is 0 Å². The van der Waals surface area contributed by atoms with Crippen molar-refractivity contribution in [2.45, 2.75) is 78.9 Å². The van der Waals surface area contributed by atoms with Gasteiger partial charge in [-0.3, -0.25) is 9.48 Å². The van der Waals surface area contributed by atoms with Gasteiger partial charge in [-0.25, -0.2) is 0 Å². The third-order valence-corrected chi connectivity index (χ3v) is 4.66. The molecule has 0 aromatic carbocycles. The largest absolute Gasteiger partial charge is 0.353 e. The molecule has 1 aromatic heterocycles. The molecular weight excluding hydrogens is 324 g/mol. The minimum absolute atomic E-state index is 0. The number of amides is 1. The van der Waals surface area contributed by atoms with E-state index in [0.717, 1.165) is 38.0 Å². The Morgan fingerprint density at radius 1 is 1.42 bits per heavy atom. The van der Waals surface area contributed by atoms with Gasteiger partial charge in [0, 0.05) is 30.7 Å². The van der Waals surface area contributed by atoms with Crippen LogP contribution in [0.2, 0.25) is 0 Å². The van der Waals surface area contributed by atoms with Crippen molar-refractivity contribution < 1.29 is 4.79 Å². The van der Waals surface area contributed by atoms with Crippen LogP contribution < -0.4 is 10.6 Å². The van der Waals surface area contributed by atoms with Crippen LogP contribution in [0.5, 0.6) is 0 Å². The Balaban J connectivity index is 0.00000288. The van der Waals surface area contributed by atoms with Crippen LogP contribution in [0.4, 0.5) is 0 Å². The summed E-state index contributed by atoms with van der Waals surface area (Å²) in [4.78, 5) is 12.2. The second-order valence-electron chi connectivity index (χ2n) is 7.37. The number of nitrogens with one attached hydrogen (secondary N) is 2. The molecule has 1 aliphatic heterocycles. The zero-order valence-corrected chi connectivity index (χ0v) is 16.5. The van der Waals surface area contributed by atoms with Crippen molar-refractivity contribution in [3.05, 3.63) is 17.0 Å². The highest BCUT2D eigenvalue weighted by Crippen LogP contribution is 2.17. The predicted octanol–water partition coefficient (Wildman–Crippen LogP) is 2.77. The molecule has 2 unspecified atom stereocenters. The third-order valence-electron chi connectivity index (χ3n) is 4.66. The number of hydrogen-bond donors (Lipinski definition) is 2. The molecule has 2 heterocycles. The lowest BCUT2D eigenvalue weighted by Gasteiger charge is -2.28. The molecule has 1 fully saturated rings. The van der Waals surface area contributed by atoms with Crippen molar-refractivity contribution in [1.29, 1.82) is 0 Å². The summed E-state index contributed by atoms with van der Waals surface area (Å²) in [5, 5.41) is 11.2. The van der Waals surface area contributed by atoms with Gasteiger partial charge in [0.15, 0.2) is 0 Å². The first-order chi connectivity index (χ1) is 10.9. The van der Waals surface area contributed by atoms with Crippen LogP contribution in [0.1, 0.15) is 57.0 Å².